The zero-order valence-corrected chi connectivity index (χ0v) is 4.81. The van der Waals surface area contributed by atoms with Crippen molar-refractivity contribution in [2.45, 2.75) is 6.18 Å². The zero-order valence-electron chi connectivity index (χ0n) is 4.81. The number of hydrogen-bond donors (Lipinski definition) is 1. The topological polar surface area (TPSA) is 46.5 Å². The molecule has 1 N–H and O–H groups in total. The standard InChI is InChI=1S/C4H5F3O3/c5-4(6,7)2-10-1-3(8)9/h1-2H2,(H,8,9). The third-order valence-corrected chi connectivity index (χ3v) is 0.491. The molecule has 0 saturated heterocycles. The first-order valence-corrected chi connectivity index (χ1v) is 2.28. The van der Waals surface area contributed by atoms with Crippen LogP contribution in [-0.2, 0) is 9.53 Å². The number of aliphatic carboxylic acids is 1. The summed E-state index contributed by atoms with van der Waals surface area (Å²) < 4.78 is 37.3. The van der Waals surface area contributed by atoms with E-state index in [-0.39, 0.29) is 0 Å². The van der Waals surface area contributed by atoms with Crippen LogP contribution in [0.5, 0.6) is 0 Å². The van der Waals surface area contributed by atoms with Gasteiger partial charge in [0.05, 0.1) is 0 Å². The molecule has 0 spiro atoms. The molecular weight excluding hydrogens is 153 g/mol. The summed E-state index contributed by atoms with van der Waals surface area (Å²) in [5.41, 5.74) is 0. The number of ether oxygens (including phenoxy) is 1. The number of halogens is 3. The van der Waals surface area contributed by atoms with Crippen molar-refractivity contribution >= 4 is 5.97 Å². The van der Waals surface area contributed by atoms with Gasteiger partial charge in [0.15, 0.2) is 0 Å². The van der Waals surface area contributed by atoms with E-state index in [1.807, 2.05) is 0 Å². The lowest BCUT2D eigenvalue weighted by Crippen LogP contribution is -2.19. The lowest BCUT2D eigenvalue weighted by Gasteiger charge is -2.04. The van der Waals surface area contributed by atoms with Crippen LogP contribution in [0.2, 0.25) is 0 Å². The number of carboxylic acid groups (broad SMARTS) is 1. The van der Waals surface area contributed by atoms with Crippen molar-refractivity contribution in [1.82, 2.24) is 0 Å². The Kier molecular flexibility index (Phi) is 3.14. The zero-order chi connectivity index (χ0) is 8.20. The van der Waals surface area contributed by atoms with Crippen LogP contribution in [0, 0.1) is 0 Å². The number of carboxylic acids is 1. The average molecular weight is 158 g/mol. The Hall–Kier alpha value is -0.780. The Morgan fingerprint density at radius 1 is 1.50 bits per heavy atom. The molecule has 10 heavy (non-hydrogen) atoms. The van der Waals surface area contributed by atoms with Gasteiger partial charge in [-0.2, -0.15) is 13.2 Å². The van der Waals surface area contributed by atoms with Crippen molar-refractivity contribution < 1.29 is 27.8 Å². The SMILES string of the molecule is O=C(O)COCC(F)(F)F. The van der Waals surface area contributed by atoms with Crippen LogP contribution in [0.4, 0.5) is 13.2 Å². The van der Waals surface area contributed by atoms with Gasteiger partial charge in [0.2, 0.25) is 0 Å². The van der Waals surface area contributed by atoms with Crippen molar-refractivity contribution in [2.75, 3.05) is 13.2 Å². The van der Waals surface area contributed by atoms with Crippen molar-refractivity contribution in [3.05, 3.63) is 0 Å². The van der Waals surface area contributed by atoms with Crippen molar-refractivity contribution in [3.8, 4) is 0 Å². The minimum absolute atomic E-state index is 0.917. The van der Waals surface area contributed by atoms with E-state index in [4.69, 9.17) is 5.11 Å². The summed E-state index contributed by atoms with van der Waals surface area (Å²) in [4.78, 5) is 9.59. The summed E-state index contributed by atoms with van der Waals surface area (Å²) in [7, 11) is 0. The molecule has 0 aromatic carbocycles. The lowest BCUT2D eigenvalue weighted by molar-refractivity contribution is -0.179. The minimum Gasteiger partial charge on any atom is -0.480 e. The fourth-order valence-corrected chi connectivity index (χ4v) is 0.254. The van der Waals surface area contributed by atoms with E-state index < -0.39 is 25.4 Å². The van der Waals surface area contributed by atoms with Gasteiger partial charge in [-0.05, 0) is 0 Å². The third-order valence-electron chi connectivity index (χ3n) is 0.491. The summed E-state index contributed by atoms with van der Waals surface area (Å²) >= 11 is 0. The van der Waals surface area contributed by atoms with Crippen LogP contribution in [-0.4, -0.2) is 30.5 Å². The van der Waals surface area contributed by atoms with E-state index in [0.717, 1.165) is 0 Å². The molecule has 0 atom stereocenters. The summed E-state index contributed by atoms with van der Waals surface area (Å²) in [6, 6.07) is 0. The highest BCUT2D eigenvalue weighted by atomic mass is 19.4. The van der Waals surface area contributed by atoms with Crippen LogP contribution < -0.4 is 0 Å². The molecule has 60 valence electrons. The predicted octanol–water partition coefficient (Wildman–Crippen LogP) is 0.650. The molecule has 3 nitrogen and oxygen atoms in total. The summed E-state index contributed by atoms with van der Waals surface area (Å²) in [5, 5.41) is 7.82. The van der Waals surface area contributed by atoms with Gasteiger partial charge in [-0.25, -0.2) is 4.79 Å². The first kappa shape index (κ1) is 9.22. The molecule has 0 saturated carbocycles. The second-order valence-electron chi connectivity index (χ2n) is 1.50. The summed E-state index contributed by atoms with van der Waals surface area (Å²) in [6.45, 7) is -2.43. The molecule has 0 bridgehead atoms. The molecular formula is C4H5F3O3. The highest BCUT2D eigenvalue weighted by Gasteiger charge is 2.27. The third kappa shape index (κ3) is 7.22. The quantitative estimate of drug-likeness (QED) is 0.655. The van der Waals surface area contributed by atoms with E-state index in [1.54, 1.807) is 0 Å². The molecule has 0 aromatic heterocycles. The second-order valence-corrected chi connectivity index (χ2v) is 1.50. The Labute approximate surface area is 54.4 Å². The van der Waals surface area contributed by atoms with Crippen LogP contribution in [0.15, 0.2) is 0 Å². The van der Waals surface area contributed by atoms with Gasteiger partial charge in [-0.1, -0.05) is 0 Å². The molecule has 0 fully saturated rings. The molecule has 0 aliphatic heterocycles. The van der Waals surface area contributed by atoms with Gasteiger partial charge in [0.1, 0.15) is 13.2 Å². The molecule has 0 unspecified atom stereocenters. The Morgan fingerprint density at radius 2 is 2.00 bits per heavy atom. The van der Waals surface area contributed by atoms with Crippen LogP contribution in [0.25, 0.3) is 0 Å². The molecule has 0 amide bonds. The van der Waals surface area contributed by atoms with Crippen LogP contribution >= 0.6 is 0 Å². The monoisotopic (exact) mass is 158 g/mol. The fourth-order valence-electron chi connectivity index (χ4n) is 0.254. The Balaban J connectivity index is 3.29. The molecule has 0 aliphatic rings. The molecule has 0 aromatic rings. The maximum absolute atomic E-state index is 11.2. The van der Waals surface area contributed by atoms with Gasteiger partial charge < -0.3 is 9.84 Å². The van der Waals surface area contributed by atoms with Crippen molar-refractivity contribution in [1.29, 1.82) is 0 Å². The minimum atomic E-state index is -4.45. The smallest absolute Gasteiger partial charge is 0.411 e. The summed E-state index contributed by atoms with van der Waals surface area (Å²) in [6.07, 6.45) is -4.45. The number of rotatable bonds is 3. The normalized spacial score (nSPS) is 11.5. The molecule has 0 heterocycles. The Morgan fingerprint density at radius 3 is 2.30 bits per heavy atom. The van der Waals surface area contributed by atoms with E-state index >= 15 is 0 Å². The predicted molar refractivity (Wildman–Crippen MR) is 24.5 cm³/mol. The first-order valence-electron chi connectivity index (χ1n) is 2.28. The van der Waals surface area contributed by atoms with E-state index in [0.29, 0.717) is 0 Å². The van der Waals surface area contributed by atoms with Gasteiger partial charge >= 0.3 is 12.1 Å². The maximum atomic E-state index is 11.2. The van der Waals surface area contributed by atoms with Gasteiger partial charge in [-0.15, -0.1) is 0 Å². The van der Waals surface area contributed by atoms with Crippen LogP contribution in [0.1, 0.15) is 0 Å². The fraction of sp³-hybridized carbons (Fsp3) is 0.750. The molecule has 0 aliphatic carbocycles. The number of alkyl halides is 3. The van der Waals surface area contributed by atoms with Crippen molar-refractivity contribution in [3.63, 3.8) is 0 Å². The first-order chi connectivity index (χ1) is 4.42. The largest absolute Gasteiger partial charge is 0.480 e. The summed E-state index contributed by atoms with van der Waals surface area (Å²) in [5.74, 6) is -1.41. The van der Waals surface area contributed by atoms with Gasteiger partial charge in [0, 0.05) is 0 Å². The number of carbonyl (C=O) groups is 1. The molecule has 0 radical (unpaired) electrons. The van der Waals surface area contributed by atoms with Crippen molar-refractivity contribution in [2.24, 2.45) is 0 Å². The van der Waals surface area contributed by atoms with E-state index in [9.17, 15) is 18.0 Å². The highest BCUT2D eigenvalue weighted by molar-refractivity contribution is 5.67. The van der Waals surface area contributed by atoms with E-state index in [2.05, 4.69) is 4.74 Å². The number of hydrogen-bond acceptors (Lipinski definition) is 2. The molecule has 6 heteroatoms. The second kappa shape index (κ2) is 3.40. The molecule has 0 rings (SSSR count). The van der Waals surface area contributed by atoms with Crippen LogP contribution in [0.3, 0.4) is 0 Å². The van der Waals surface area contributed by atoms with E-state index in [1.165, 1.54) is 0 Å². The van der Waals surface area contributed by atoms with Gasteiger partial charge in [-0.3, -0.25) is 0 Å². The maximum Gasteiger partial charge on any atom is 0.411 e. The highest BCUT2D eigenvalue weighted by Crippen LogP contribution is 2.13. The lowest BCUT2D eigenvalue weighted by atomic mass is 10.7. The van der Waals surface area contributed by atoms with Gasteiger partial charge in [0.25, 0.3) is 0 Å². The average Bonchev–Trinajstić information content (AvgIpc) is 1.59. The Bertz CT molecular complexity index is 119.